The molecular weight excluding hydrogens is 315 g/mol. The Labute approximate surface area is 130 Å². The molecule has 3 rings (SSSR count). The molecule has 1 N–H and O–H groups in total. The number of thioether (sulfide) groups is 1. The van der Waals surface area contributed by atoms with Gasteiger partial charge in [-0.2, -0.15) is 0 Å². The number of carbonyl (C=O) groups is 1. The van der Waals surface area contributed by atoms with Gasteiger partial charge in [-0.15, -0.1) is 0 Å². The zero-order valence-electron chi connectivity index (χ0n) is 11.6. The summed E-state index contributed by atoms with van der Waals surface area (Å²) in [6.07, 6.45) is 0.980. The first-order valence-electron chi connectivity index (χ1n) is 6.51. The van der Waals surface area contributed by atoms with Gasteiger partial charge in [-0.25, -0.2) is 9.37 Å². The van der Waals surface area contributed by atoms with Crippen molar-refractivity contribution >= 4 is 40.4 Å². The van der Waals surface area contributed by atoms with E-state index in [2.05, 4.69) is 18.8 Å². The van der Waals surface area contributed by atoms with Crippen molar-refractivity contribution in [1.82, 2.24) is 9.55 Å². The standard InChI is InChI=1S/C14H14ClFN2O2S/c1-14(2)5-11(14)18-10-3-7(15)8(16)4-9(10)17-13(18)21-6-12(19)20/h3-4,11H,5-6H2,1-2H3,(H,19,20). The van der Waals surface area contributed by atoms with Crippen molar-refractivity contribution in [3.05, 3.63) is 23.0 Å². The number of aliphatic carboxylic acids is 1. The number of carboxylic acids is 1. The zero-order chi connectivity index (χ0) is 15.4. The zero-order valence-corrected chi connectivity index (χ0v) is 13.1. The van der Waals surface area contributed by atoms with E-state index < -0.39 is 11.8 Å². The van der Waals surface area contributed by atoms with E-state index in [1.54, 1.807) is 6.07 Å². The lowest BCUT2D eigenvalue weighted by atomic mass is 10.2. The fourth-order valence-electron chi connectivity index (χ4n) is 2.48. The quantitative estimate of drug-likeness (QED) is 0.863. The number of fused-ring (bicyclic) bond motifs is 1. The predicted molar refractivity (Wildman–Crippen MR) is 80.5 cm³/mol. The first kappa shape index (κ1) is 14.7. The van der Waals surface area contributed by atoms with Crippen molar-refractivity contribution in [2.24, 2.45) is 5.41 Å². The van der Waals surface area contributed by atoms with Gasteiger partial charge in [0.2, 0.25) is 0 Å². The molecule has 1 fully saturated rings. The minimum atomic E-state index is -0.905. The lowest BCUT2D eigenvalue weighted by Crippen LogP contribution is -2.04. The molecule has 1 aliphatic rings. The molecule has 1 heterocycles. The van der Waals surface area contributed by atoms with Gasteiger partial charge in [-0.1, -0.05) is 37.2 Å². The third-order valence-corrected chi connectivity index (χ3v) is 5.02. The lowest BCUT2D eigenvalue weighted by molar-refractivity contribution is -0.133. The highest BCUT2D eigenvalue weighted by Crippen LogP contribution is 2.57. The van der Waals surface area contributed by atoms with Crippen molar-refractivity contribution in [2.45, 2.75) is 31.5 Å². The van der Waals surface area contributed by atoms with Crippen LogP contribution in [0.15, 0.2) is 17.3 Å². The van der Waals surface area contributed by atoms with Crippen molar-refractivity contribution in [3.8, 4) is 0 Å². The van der Waals surface area contributed by atoms with Crippen LogP contribution in [0.25, 0.3) is 11.0 Å². The van der Waals surface area contributed by atoms with Gasteiger partial charge in [0, 0.05) is 12.1 Å². The van der Waals surface area contributed by atoms with Crippen LogP contribution in [0.5, 0.6) is 0 Å². The van der Waals surface area contributed by atoms with Gasteiger partial charge >= 0.3 is 5.97 Å². The second-order valence-corrected chi connectivity index (χ2v) is 7.26. The Bertz CT molecular complexity index is 744. The number of hydrogen-bond donors (Lipinski definition) is 1. The normalized spacial score (nSPS) is 19.9. The molecule has 7 heteroatoms. The average molecular weight is 329 g/mol. The number of imidazole rings is 1. The molecule has 0 radical (unpaired) electrons. The highest BCUT2D eigenvalue weighted by atomic mass is 35.5. The lowest BCUT2D eigenvalue weighted by Gasteiger charge is -2.10. The predicted octanol–water partition coefficient (Wildman–Crippen LogP) is 3.98. The molecule has 1 aromatic carbocycles. The third-order valence-electron chi connectivity index (χ3n) is 3.80. The van der Waals surface area contributed by atoms with E-state index in [0.29, 0.717) is 10.7 Å². The van der Waals surface area contributed by atoms with E-state index in [9.17, 15) is 9.18 Å². The summed E-state index contributed by atoms with van der Waals surface area (Å²) in [5.74, 6) is -1.50. The van der Waals surface area contributed by atoms with Crippen LogP contribution in [-0.2, 0) is 4.79 Å². The summed E-state index contributed by atoms with van der Waals surface area (Å²) in [4.78, 5) is 15.2. The van der Waals surface area contributed by atoms with Crippen LogP contribution in [0.4, 0.5) is 4.39 Å². The van der Waals surface area contributed by atoms with Crippen LogP contribution in [0, 0.1) is 11.2 Å². The smallest absolute Gasteiger partial charge is 0.313 e. The second-order valence-electron chi connectivity index (χ2n) is 5.91. The van der Waals surface area contributed by atoms with E-state index in [-0.39, 0.29) is 22.2 Å². The van der Waals surface area contributed by atoms with Gasteiger partial charge in [0.25, 0.3) is 0 Å². The molecule has 1 unspecified atom stereocenters. The monoisotopic (exact) mass is 328 g/mol. The fourth-order valence-corrected chi connectivity index (χ4v) is 3.42. The number of nitrogens with zero attached hydrogens (tertiary/aromatic N) is 2. The third kappa shape index (κ3) is 2.62. The van der Waals surface area contributed by atoms with Gasteiger partial charge < -0.3 is 9.67 Å². The first-order valence-corrected chi connectivity index (χ1v) is 7.87. The maximum atomic E-state index is 13.6. The van der Waals surface area contributed by atoms with E-state index >= 15 is 0 Å². The van der Waals surface area contributed by atoms with Crippen molar-refractivity contribution in [1.29, 1.82) is 0 Å². The van der Waals surface area contributed by atoms with Gasteiger partial charge in [0.15, 0.2) is 5.16 Å². The molecule has 1 atom stereocenters. The molecule has 0 bridgehead atoms. The van der Waals surface area contributed by atoms with Crippen LogP contribution >= 0.6 is 23.4 Å². The van der Waals surface area contributed by atoms with Crippen molar-refractivity contribution in [2.75, 3.05) is 5.75 Å². The Morgan fingerprint density at radius 1 is 1.62 bits per heavy atom. The Morgan fingerprint density at radius 2 is 2.29 bits per heavy atom. The molecule has 0 spiro atoms. The van der Waals surface area contributed by atoms with Crippen LogP contribution in [0.1, 0.15) is 26.3 Å². The summed E-state index contributed by atoms with van der Waals surface area (Å²) >= 11 is 7.02. The number of benzene rings is 1. The molecule has 0 amide bonds. The molecule has 21 heavy (non-hydrogen) atoms. The van der Waals surface area contributed by atoms with Gasteiger partial charge in [-0.3, -0.25) is 4.79 Å². The van der Waals surface area contributed by atoms with Crippen LogP contribution < -0.4 is 0 Å². The highest BCUT2D eigenvalue weighted by Gasteiger charge is 2.48. The average Bonchev–Trinajstić information content (AvgIpc) is 2.86. The number of carboxylic acid groups (broad SMARTS) is 1. The molecule has 0 saturated heterocycles. The number of hydrogen-bond acceptors (Lipinski definition) is 3. The topological polar surface area (TPSA) is 55.1 Å². The Balaban J connectivity index is 2.12. The SMILES string of the molecule is CC1(C)CC1n1c(SCC(=O)O)nc2cc(F)c(Cl)cc21. The van der Waals surface area contributed by atoms with E-state index in [1.807, 2.05) is 4.57 Å². The van der Waals surface area contributed by atoms with Crippen molar-refractivity contribution < 1.29 is 14.3 Å². The van der Waals surface area contributed by atoms with Crippen LogP contribution in [0.2, 0.25) is 5.02 Å². The van der Waals surface area contributed by atoms with E-state index in [1.165, 1.54) is 6.07 Å². The molecule has 0 aliphatic heterocycles. The summed E-state index contributed by atoms with van der Waals surface area (Å²) in [7, 11) is 0. The molecule has 4 nitrogen and oxygen atoms in total. The Kier molecular flexibility index (Phi) is 3.41. The molecule has 1 saturated carbocycles. The minimum absolute atomic E-state index is 0.0527. The summed E-state index contributed by atoms with van der Waals surface area (Å²) in [5, 5.41) is 9.50. The van der Waals surface area contributed by atoms with E-state index in [0.717, 1.165) is 23.7 Å². The highest BCUT2D eigenvalue weighted by molar-refractivity contribution is 7.99. The first-order chi connectivity index (χ1) is 9.79. The number of rotatable bonds is 4. The molecule has 1 aliphatic carbocycles. The minimum Gasteiger partial charge on any atom is -0.481 e. The summed E-state index contributed by atoms with van der Waals surface area (Å²) in [5.41, 5.74) is 1.39. The summed E-state index contributed by atoms with van der Waals surface area (Å²) < 4.78 is 15.6. The van der Waals surface area contributed by atoms with Crippen molar-refractivity contribution in [3.63, 3.8) is 0 Å². The van der Waals surface area contributed by atoms with E-state index in [4.69, 9.17) is 16.7 Å². The molecular formula is C14H14ClFN2O2S. The molecule has 1 aromatic heterocycles. The molecule has 112 valence electrons. The fraction of sp³-hybridized carbons (Fsp3) is 0.429. The largest absolute Gasteiger partial charge is 0.481 e. The Morgan fingerprint density at radius 3 is 2.86 bits per heavy atom. The maximum Gasteiger partial charge on any atom is 0.313 e. The van der Waals surface area contributed by atoms with Gasteiger partial charge in [-0.05, 0) is 17.9 Å². The van der Waals surface area contributed by atoms with Crippen LogP contribution in [0.3, 0.4) is 0 Å². The Hall–Kier alpha value is -1.27. The number of halogens is 2. The summed E-state index contributed by atoms with van der Waals surface area (Å²) in [6.45, 7) is 4.28. The second kappa shape index (κ2) is 4.88. The summed E-state index contributed by atoms with van der Waals surface area (Å²) in [6, 6.07) is 3.10. The van der Waals surface area contributed by atoms with Gasteiger partial charge in [0.05, 0.1) is 21.8 Å². The number of aromatic nitrogens is 2. The van der Waals surface area contributed by atoms with Gasteiger partial charge in [0.1, 0.15) is 5.82 Å². The molecule has 2 aromatic rings. The van der Waals surface area contributed by atoms with Crippen LogP contribution in [-0.4, -0.2) is 26.4 Å². The maximum absolute atomic E-state index is 13.6.